The van der Waals surface area contributed by atoms with Crippen molar-refractivity contribution >= 4 is 5.91 Å². The Morgan fingerprint density at radius 2 is 1.79 bits per heavy atom. The molecule has 0 spiro atoms. The van der Waals surface area contributed by atoms with E-state index in [2.05, 4.69) is 19.2 Å². The normalized spacial score (nSPS) is 15.1. The number of hydrogen-bond donors (Lipinski definition) is 2. The highest BCUT2D eigenvalue weighted by Gasteiger charge is 2.29. The summed E-state index contributed by atoms with van der Waals surface area (Å²) in [5, 5.41) is 5.01. The van der Waals surface area contributed by atoms with Crippen LogP contribution in [0.3, 0.4) is 0 Å². The molecule has 0 aliphatic heterocycles. The molecule has 2 atom stereocenters. The molecule has 2 unspecified atom stereocenters. The van der Waals surface area contributed by atoms with Crippen molar-refractivity contribution in [3.8, 4) is 0 Å². The lowest BCUT2D eigenvalue weighted by Crippen LogP contribution is -2.48. The summed E-state index contributed by atoms with van der Waals surface area (Å²) in [4.78, 5) is 11.5. The van der Waals surface area contributed by atoms with Gasteiger partial charge >= 0.3 is 6.18 Å². The van der Waals surface area contributed by atoms with Crippen LogP contribution in [0, 0.1) is 0 Å². The molecule has 0 aromatic carbocycles. The molecule has 1 amide bonds. The summed E-state index contributed by atoms with van der Waals surface area (Å²) in [6.07, 6.45) is 0.613. The SMILES string of the molecule is CCCCC(CCC)NC(C)C(=O)NCC(F)(F)F. The summed E-state index contributed by atoms with van der Waals surface area (Å²) in [7, 11) is 0. The van der Waals surface area contributed by atoms with Gasteiger partial charge in [0.15, 0.2) is 0 Å². The van der Waals surface area contributed by atoms with Crippen LogP contribution < -0.4 is 10.6 Å². The maximum atomic E-state index is 12.0. The molecule has 0 saturated heterocycles. The van der Waals surface area contributed by atoms with Crippen LogP contribution in [0.2, 0.25) is 0 Å². The molecule has 0 aliphatic carbocycles. The third kappa shape index (κ3) is 9.76. The molecule has 114 valence electrons. The summed E-state index contributed by atoms with van der Waals surface area (Å²) in [5.74, 6) is -0.602. The number of nitrogens with one attached hydrogen (secondary N) is 2. The van der Waals surface area contributed by atoms with Crippen molar-refractivity contribution in [1.82, 2.24) is 10.6 Å². The second-order valence-corrected chi connectivity index (χ2v) is 4.85. The molecule has 2 N–H and O–H groups in total. The zero-order chi connectivity index (χ0) is 14.9. The van der Waals surface area contributed by atoms with Crippen LogP contribution in [0.5, 0.6) is 0 Å². The van der Waals surface area contributed by atoms with Crippen molar-refractivity contribution in [3.63, 3.8) is 0 Å². The molecule has 0 rings (SSSR count). The molecule has 3 nitrogen and oxygen atoms in total. The van der Waals surface area contributed by atoms with Gasteiger partial charge in [-0.2, -0.15) is 13.2 Å². The van der Waals surface area contributed by atoms with Gasteiger partial charge in [0.25, 0.3) is 0 Å². The number of unbranched alkanes of at least 4 members (excludes halogenated alkanes) is 1. The number of carbonyl (C=O) groups excluding carboxylic acids is 1. The highest BCUT2D eigenvalue weighted by Crippen LogP contribution is 2.12. The van der Waals surface area contributed by atoms with Gasteiger partial charge < -0.3 is 10.6 Å². The van der Waals surface area contributed by atoms with Gasteiger partial charge in [0, 0.05) is 6.04 Å². The zero-order valence-electron chi connectivity index (χ0n) is 11.9. The summed E-state index contributed by atoms with van der Waals surface area (Å²) in [5.41, 5.74) is 0. The van der Waals surface area contributed by atoms with E-state index in [0.717, 1.165) is 32.1 Å². The quantitative estimate of drug-likeness (QED) is 0.682. The van der Waals surface area contributed by atoms with Crippen molar-refractivity contribution in [2.24, 2.45) is 0 Å². The van der Waals surface area contributed by atoms with E-state index in [9.17, 15) is 18.0 Å². The first kappa shape index (κ1) is 18.2. The lowest BCUT2D eigenvalue weighted by atomic mass is 10.0. The van der Waals surface area contributed by atoms with Crippen LogP contribution in [-0.2, 0) is 4.79 Å². The number of amides is 1. The summed E-state index contributed by atoms with van der Waals surface area (Å²) >= 11 is 0. The van der Waals surface area contributed by atoms with E-state index in [-0.39, 0.29) is 6.04 Å². The van der Waals surface area contributed by atoms with Gasteiger partial charge in [-0.15, -0.1) is 0 Å². The zero-order valence-corrected chi connectivity index (χ0v) is 11.9. The third-order valence-corrected chi connectivity index (χ3v) is 2.89. The molecular formula is C13H25F3N2O. The summed E-state index contributed by atoms with van der Waals surface area (Å²) in [6.45, 7) is 4.46. The maximum absolute atomic E-state index is 12.0. The molecule has 0 bridgehead atoms. The van der Waals surface area contributed by atoms with Crippen LogP contribution in [0.15, 0.2) is 0 Å². The number of hydrogen-bond acceptors (Lipinski definition) is 2. The van der Waals surface area contributed by atoms with Crippen molar-refractivity contribution in [3.05, 3.63) is 0 Å². The molecule has 0 radical (unpaired) electrons. The molecule has 0 aromatic heterocycles. The van der Waals surface area contributed by atoms with E-state index in [1.54, 1.807) is 6.92 Å². The topological polar surface area (TPSA) is 41.1 Å². The Morgan fingerprint density at radius 3 is 2.26 bits per heavy atom. The second kappa shape index (κ2) is 9.18. The van der Waals surface area contributed by atoms with Gasteiger partial charge in [0.1, 0.15) is 6.54 Å². The average Bonchev–Trinajstić information content (AvgIpc) is 2.32. The smallest absolute Gasteiger partial charge is 0.346 e. The third-order valence-electron chi connectivity index (χ3n) is 2.89. The Balaban J connectivity index is 4.14. The Kier molecular flexibility index (Phi) is 8.80. The average molecular weight is 282 g/mol. The van der Waals surface area contributed by atoms with Crippen LogP contribution in [0.25, 0.3) is 0 Å². The van der Waals surface area contributed by atoms with Crippen molar-refractivity contribution < 1.29 is 18.0 Å². The van der Waals surface area contributed by atoms with Crippen LogP contribution in [0.4, 0.5) is 13.2 Å². The maximum Gasteiger partial charge on any atom is 0.405 e. The van der Waals surface area contributed by atoms with E-state index in [0.29, 0.717) is 0 Å². The number of alkyl halides is 3. The first-order chi connectivity index (χ1) is 8.80. The van der Waals surface area contributed by atoms with Crippen molar-refractivity contribution in [2.45, 2.75) is 71.1 Å². The monoisotopic (exact) mass is 282 g/mol. The molecule has 0 saturated carbocycles. The number of carbonyl (C=O) groups is 1. The minimum atomic E-state index is -4.36. The lowest BCUT2D eigenvalue weighted by Gasteiger charge is -2.22. The Hall–Kier alpha value is -0.780. The van der Waals surface area contributed by atoms with Crippen LogP contribution in [0.1, 0.15) is 52.9 Å². The van der Waals surface area contributed by atoms with Gasteiger partial charge in [-0.25, -0.2) is 0 Å². The molecular weight excluding hydrogens is 257 g/mol. The highest BCUT2D eigenvalue weighted by molar-refractivity contribution is 5.81. The van der Waals surface area contributed by atoms with Gasteiger partial charge in [-0.1, -0.05) is 33.1 Å². The largest absolute Gasteiger partial charge is 0.405 e. The lowest BCUT2D eigenvalue weighted by molar-refractivity contribution is -0.139. The molecule has 0 aliphatic rings. The molecule has 0 aromatic rings. The van der Waals surface area contributed by atoms with Gasteiger partial charge in [-0.05, 0) is 19.8 Å². The van der Waals surface area contributed by atoms with E-state index in [1.807, 2.05) is 5.32 Å². The predicted molar refractivity (Wildman–Crippen MR) is 69.9 cm³/mol. The minimum absolute atomic E-state index is 0.191. The van der Waals surface area contributed by atoms with E-state index in [1.165, 1.54) is 0 Å². The van der Waals surface area contributed by atoms with E-state index in [4.69, 9.17) is 0 Å². The predicted octanol–water partition coefficient (Wildman–Crippen LogP) is 3.00. The summed E-state index contributed by atoms with van der Waals surface area (Å²) in [6, 6.07) is -0.410. The van der Waals surface area contributed by atoms with Crippen molar-refractivity contribution in [2.75, 3.05) is 6.54 Å². The fourth-order valence-corrected chi connectivity index (χ4v) is 1.88. The number of halogens is 3. The van der Waals surface area contributed by atoms with Crippen LogP contribution >= 0.6 is 0 Å². The van der Waals surface area contributed by atoms with E-state index >= 15 is 0 Å². The van der Waals surface area contributed by atoms with Gasteiger partial charge in [0.05, 0.1) is 6.04 Å². The van der Waals surface area contributed by atoms with Gasteiger partial charge in [0.2, 0.25) is 5.91 Å². The first-order valence-electron chi connectivity index (χ1n) is 6.90. The molecule has 6 heteroatoms. The fraction of sp³-hybridized carbons (Fsp3) is 0.923. The number of rotatable bonds is 9. The fourth-order valence-electron chi connectivity index (χ4n) is 1.88. The molecule has 0 heterocycles. The standard InChI is InChI=1S/C13H25F3N2O/c1-4-6-8-11(7-5-2)18-10(3)12(19)17-9-13(14,15)16/h10-11,18H,4-9H2,1-3H3,(H,17,19). The Morgan fingerprint density at radius 1 is 1.16 bits per heavy atom. The first-order valence-corrected chi connectivity index (χ1v) is 6.90. The van der Waals surface area contributed by atoms with E-state index < -0.39 is 24.7 Å². The second-order valence-electron chi connectivity index (χ2n) is 4.85. The van der Waals surface area contributed by atoms with Crippen molar-refractivity contribution in [1.29, 1.82) is 0 Å². The Bertz CT molecular complexity index is 257. The summed E-state index contributed by atoms with van der Waals surface area (Å²) < 4.78 is 36.0. The van der Waals surface area contributed by atoms with Crippen LogP contribution in [-0.4, -0.2) is 30.7 Å². The molecule has 19 heavy (non-hydrogen) atoms. The Labute approximate surface area is 113 Å². The highest BCUT2D eigenvalue weighted by atomic mass is 19.4. The molecule has 0 fully saturated rings. The minimum Gasteiger partial charge on any atom is -0.346 e. The van der Waals surface area contributed by atoms with Gasteiger partial charge in [-0.3, -0.25) is 4.79 Å².